The molecule has 8 heteroatoms. The standard InChI is InChI=1S/C13H14N4O3S/c1-8-7-14-13(21-8)17-20-5-4-19-9-2-3-10-11(6-9)15-16-12(10)18/h2-3,6-7H,4-5H2,1H3,(H,14,17)(H2,15,16,18). The number of benzene rings is 1. The molecule has 110 valence electrons. The van der Waals surface area contributed by atoms with Crippen LogP contribution >= 0.6 is 11.3 Å². The highest BCUT2D eigenvalue weighted by Crippen LogP contribution is 2.17. The third-order valence-electron chi connectivity index (χ3n) is 2.78. The van der Waals surface area contributed by atoms with Crippen LogP contribution in [-0.2, 0) is 4.84 Å². The number of aromatic nitrogens is 3. The molecular formula is C13H14N4O3S. The number of ether oxygens (including phenoxy) is 1. The zero-order valence-corrected chi connectivity index (χ0v) is 12.1. The van der Waals surface area contributed by atoms with Crippen LogP contribution in [0.5, 0.6) is 5.75 Å². The van der Waals surface area contributed by atoms with Crippen LogP contribution in [0.2, 0.25) is 0 Å². The Morgan fingerprint density at radius 1 is 1.33 bits per heavy atom. The summed E-state index contributed by atoms with van der Waals surface area (Å²) in [6.45, 7) is 2.74. The molecule has 0 fully saturated rings. The molecule has 0 aliphatic heterocycles. The van der Waals surface area contributed by atoms with E-state index in [1.165, 1.54) is 11.3 Å². The highest BCUT2D eigenvalue weighted by molar-refractivity contribution is 7.15. The molecule has 0 amide bonds. The number of rotatable bonds is 6. The lowest BCUT2D eigenvalue weighted by Gasteiger charge is -2.06. The number of nitrogens with one attached hydrogen (secondary N) is 3. The minimum absolute atomic E-state index is 0.136. The number of hydrogen-bond donors (Lipinski definition) is 3. The maximum Gasteiger partial charge on any atom is 0.271 e. The summed E-state index contributed by atoms with van der Waals surface area (Å²) in [5, 5.41) is 6.64. The van der Waals surface area contributed by atoms with E-state index in [0.29, 0.717) is 24.3 Å². The Kier molecular flexibility index (Phi) is 3.89. The van der Waals surface area contributed by atoms with E-state index in [0.717, 1.165) is 15.5 Å². The number of H-pyrrole nitrogens is 2. The predicted molar refractivity (Wildman–Crippen MR) is 80.8 cm³/mol. The second kappa shape index (κ2) is 5.98. The minimum atomic E-state index is -0.136. The van der Waals surface area contributed by atoms with E-state index in [1.54, 1.807) is 24.4 Å². The molecule has 0 radical (unpaired) electrons. The minimum Gasteiger partial charge on any atom is -0.491 e. The van der Waals surface area contributed by atoms with Crippen LogP contribution in [0.25, 0.3) is 10.9 Å². The summed E-state index contributed by atoms with van der Waals surface area (Å²) in [4.78, 5) is 21.8. The Balaban J connectivity index is 1.47. The number of aryl methyl sites for hydroxylation is 1. The van der Waals surface area contributed by atoms with Crippen LogP contribution < -0.4 is 15.8 Å². The number of thiazole rings is 1. The van der Waals surface area contributed by atoms with E-state index in [4.69, 9.17) is 9.57 Å². The fourth-order valence-electron chi connectivity index (χ4n) is 1.82. The molecule has 3 N–H and O–H groups in total. The lowest BCUT2D eigenvalue weighted by atomic mass is 10.2. The molecule has 2 heterocycles. The van der Waals surface area contributed by atoms with Crippen LogP contribution in [0.3, 0.4) is 0 Å². The van der Waals surface area contributed by atoms with E-state index in [-0.39, 0.29) is 5.56 Å². The molecule has 0 saturated carbocycles. The van der Waals surface area contributed by atoms with E-state index >= 15 is 0 Å². The second-order valence-corrected chi connectivity index (χ2v) is 5.60. The average molecular weight is 306 g/mol. The molecule has 0 bridgehead atoms. The molecule has 0 saturated heterocycles. The predicted octanol–water partition coefficient (Wildman–Crippen LogP) is 2.04. The lowest BCUT2D eigenvalue weighted by molar-refractivity contribution is 0.143. The number of anilines is 1. The zero-order valence-electron chi connectivity index (χ0n) is 11.3. The van der Waals surface area contributed by atoms with Crippen molar-refractivity contribution in [3.05, 3.63) is 39.6 Å². The molecule has 2 aromatic heterocycles. The van der Waals surface area contributed by atoms with Crippen molar-refractivity contribution < 1.29 is 9.57 Å². The molecule has 3 rings (SSSR count). The summed E-state index contributed by atoms with van der Waals surface area (Å²) in [7, 11) is 0. The highest BCUT2D eigenvalue weighted by atomic mass is 32.1. The molecule has 0 atom stereocenters. The van der Waals surface area contributed by atoms with E-state index in [2.05, 4.69) is 20.7 Å². The summed E-state index contributed by atoms with van der Waals surface area (Å²) in [5.41, 5.74) is 3.34. The Morgan fingerprint density at radius 2 is 2.24 bits per heavy atom. The van der Waals surface area contributed by atoms with Gasteiger partial charge in [-0.3, -0.25) is 19.8 Å². The Labute approximate surface area is 123 Å². The second-order valence-electron chi connectivity index (χ2n) is 4.36. The van der Waals surface area contributed by atoms with Crippen LogP contribution in [0.15, 0.2) is 29.2 Å². The Hall–Kier alpha value is -2.32. The number of nitrogens with zero attached hydrogens (tertiary/aromatic N) is 1. The molecule has 1 aromatic carbocycles. The normalized spacial score (nSPS) is 10.9. The van der Waals surface area contributed by atoms with Crippen molar-refractivity contribution in [3.8, 4) is 5.75 Å². The van der Waals surface area contributed by atoms with Crippen LogP contribution in [-0.4, -0.2) is 28.4 Å². The van der Waals surface area contributed by atoms with Crippen molar-refractivity contribution in [2.45, 2.75) is 6.92 Å². The van der Waals surface area contributed by atoms with E-state index in [1.807, 2.05) is 6.92 Å². The van der Waals surface area contributed by atoms with Gasteiger partial charge in [-0.05, 0) is 19.1 Å². The summed E-state index contributed by atoms with van der Waals surface area (Å²) < 4.78 is 5.55. The van der Waals surface area contributed by atoms with E-state index < -0.39 is 0 Å². The van der Waals surface area contributed by atoms with Gasteiger partial charge < -0.3 is 4.74 Å². The molecular weight excluding hydrogens is 292 g/mol. The molecule has 0 spiro atoms. The van der Waals surface area contributed by atoms with Gasteiger partial charge in [0.1, 0.15) is 19.0 Å². The number of aromatic amines is 2. The topological polar surface area (TPSA) is 92.0 Å². The van der Waals surface area contributed by atoms with Crippen LogP contribution in [0, 0.1) is 6.92 Å². The van der Waals surface area contributed by atoms with Crippen molar-refractivity contribution >= 4 is 27.4 Å². The highest BCUT2D eigenvalue weighted by Gasteiger charge is 2.02. The monoisotopic (exact) mass is 306 g/mol. The Morgan fingerprint density at radius 3 is 3.05 bits per heavy atom. The molecule has 3 aromatic rings. The first-order valence-electron chi connectivity index (χ1n) is 6.36. The van der Waals surface area contributed by atoms with Gasteiger partial charge >= 0.3 is 0 Å². The van der Waals surface area contributed by atoms with Gasteiger partial charge in [0.2, 0.25) is 5.13 Å². The third-order valence-corrected chi connectivity index (χ3v) is 3.59. The fourth-order valence-corrected chi connectivity index (χ4v) is 2.44. The van der Waals surface area contributed by atoms with Crippen molar-refractivity contribution in [2.75, 3.05) is 18.7 Å². The molecule has 7 nitrogen and oxygen atoms in total. The largest absolute Gasteiger partial charge is 0.491 e. The van der Waals surface area contributed by atoms with Crippen molar-refractivity contribution in [3.63, 3.8) is 0 Å². The van der Waals surface area contributed by atoms with Crippen molar-refractivity contribution in [1.29, 1.82) is 0 Å². The third kappa shape index (κ3) is 3.23. The SMILES string of the molecule is Cc1cnc(NOCCOc2ccc3c(=O)[nH][nH]c3c2)s1. The smallest absolute Gasteiger partial charge is 0.271 e. The first kappa shape index (κ1) is 13.7. The van der Waals surface area contributed by atoms with Gasteiger partial charge in [0.15, 0.2) is 0 Å². The summed E-state index contributed by atoms with van der Waals surface area (Å²) in [6.07, 6.45) is 1.78. The molecule has 0 aliphatic rings. The van der Waals surface area contributed by atoms with Gasteiger partial charge in [0, 0.05) is 17.1 Å². The fraction of sp³-hybridized carbons (Fsp3) is 0.231. The first-order valence-corrected chi connectivity index (χ1v) is 7.17. The van der Waals surface area contributed by atoms with Gasteiger partial charge in [-0.25, -0.2) is 10.5 Å². The maximum absolute atomic E-state index is 11.4. The number of fused-ring (bicyclic) bond motifs is 1. The van der Waals surface area contributed by atoms with Crippen LogP contribution in [0.4, 0.5) is 5.13 Å². The summed E-state index contributed by atoms with van der Waals surface area (Å²) >= 11 is 1.52. The summed E-state index contributed by atoms with van der Waals surface area (Å²) in [5.74, 6) is 0.673. The van der Waals surface area contributed by atoms with Crippen molar-refractivity contribution in [1.82, 2.24) is 15.2 Å². The molecule has 0 aliphatic carbocycles. The average Bonchev–Trinajstić information content (AvgIpc) is 3.05. The van der Waals surface area contributed by atoms with Gasteiger partial charge in [-0.1, -0.05) is 0 Å². The lowest BCUT2D eigenvalue weighted by Crippen LogP contribution is -2.10. The van der Waals surface area contributed by atoms with Crippen molar-refractivity contribution in [2.24, 2.45) is 0 Å². The van der Waals surface area contributed by atoms with Gasteiger partial charge in [0.25, 0.3) is 5.56 Å². The van der Waals surface area contributed by atoms with Gasteiger partial charge in [-0.15, -0.1) is 11.3 Å². The quantitative estimate of drug-likeness (QED) is 0.479. The van der Waals surface area contributed by atoms with Gasteiger partial charge in [-0.2, -0.15) is 0 Å². The first-order chi connectivity index (χ1) is 10.2. The van der Waals surface area contributed by atoms with Crippen LogP contribution in [0.1, 0.15) is 4.88 Å². The van der Waals surface area contributed by atoms with Gasteiger partial charge in [0.05, 0.1) is 10.9 Å². The maximum atomic E-state index is 11.4. The Bertz CT molecular complexity index is 792. The summed E-state index contributed by atoms with van der Waals surface area (Å²) in [6, 6.07) is 5.24. The zero-order chi connectivity index (χ0) is 14.7. The molecule has 21 heavy (non-hydrogen) atoms. The molecule has 0 unspecified atom stereocenters. The van der Waals surface area contributed by atoms with E-state index in [9.17, 15) is 4.79 Å². The number of hydrogen-bond acceptors (Lipinski definition) is 6.